The number of imide groups is 1. The number of rotatable bonds is 4. The van der Waals surface area contributed by atoms with E-state index in [2.05, 4.69) is 9.57 Å². The summed E-state index contributed by atoms with van der Waals surface area (Å²) in [5, 5.41) is 8.86. The summed E-state index contributed by atoms with van der Waals surface area (Å²) in [7, 11) is 0. The highest BCUT2D eigenvalue weighted by molar-refractivity contribution is 6.02. The van der Waals surface area contributed by atoms with Gasteiger partial charge in [-0.1, -0.05) is 0 Å². The minimum absolute atomic E-state index is 0.0248. The van der Waals surface area contributed by atoms with Crippen LogP contribution in [0.1, 0.15) is 26.7 Å². The van der Waals surface area contributed by atoms with E-state index in [-0.39, 0.29) is 12.8 Å². The molecule has 1 heterocycles. The number of hydroxylamine groups is 2. The summed E-state index contributed by atoms with van der Waals surface area (Å²) in [4.78, 5) is 49.5. The molecule has 0 spiro atoms. The lowest BCUT2D eigenvalue weighted by atomic mass is 10.1. The zero-order valence-corrected chi connectivity index (χ0v) is 9.97. The zero-order chi connectivity index (χ0) is 13.9. The molecule has 1 rings (SSSR count). The second-order valence-corrected chi connectivity index (χ2v) is 4.10. The van der Waals surface area contributed by atoms with Gasteiger partial charge in [0, 0.05) is 12.8 Å². The van der Waals surface area contributed by atoms with Gasteiger partial charge in [-0.3, -0.25) is 9.59 Å². The topological polar surface area (TPSA) is 110 Å². The van der Waals surface area contributed by atoms with Crippen molar-refractivity contribution in [2.24, 2.45) is 0 Å². The van der Waals surface area contributed by atoms with E-state index in [0.29, 0.717) is 5.06 Å². The van der Waals surface area contributed by atoms with E-state index in [0.717, 1.165) is 0 Å². The lowest BCUT2D eigenvalue weighted by molar-refractivity contribution is -0.213. The molecular weight excluding hydrogens is 246 g/mol. The number of carbonyl (C=O) groups excluding carboxylic acids is 4. The molecule has 0 atom stereocenters. The Kier molecular flexibility index (Phi) is 4.02. The molecule has 1 aliphatic heterocycles. The Bertz CT molecular complexity index is 385. The maximum atomic E-state index is 11.6. The summed E-state index contributed by atoms with van der Waals surface area (Å²) in [5.74, 6) is -3.35. The molecule has 1 fully saturated rings. The molecule has 8 heteroatoms. The van der Waals surface area contributed by atoms with Crippen LogP contribution in [0.3, 0.4) is 0 Å². The van der Waals surface area contributed by atoms with Crippen LogP contribution in [0.25, 0.3) is 0 Å². The van der Waals surface area contributed by atoms with Crippen LogP contribution in [0.5, 0.6) is 0 Å². The van der Waals surface area contributed by atoms with Crippen LogP contribution in [0, 0.1) is 0 Å². The molecule has 1 N–H and O–H groups in total. The van der Waals surface area contributed by atoms with Crippen LogP contribution in [-0.4, -0.2) is 46.1 Å². The van der Waals surface area contributed by atoms with Gasteiger partial charge in [0.15, 0.2) is 0 Å². The molecule has 8 nitrogen and oxygen atoms in total. The quantitative estimate of drug-likeness (QED) is 0.504. The Morgan fingerprint density at radius 3 is 2.22 bits per heavy atom. The molecule has 2 amide bonds. The van der Waals surface area contributed by atoms with Gasteiger partial charge < -0.3 is 14.7 Å². The van der Waals surface area contributed by atoms with Gasteiger partial charge in [-0.2, -0.15) is 0 Å². The maximum Gasteiger partial charge on any atom is 0.375 e. The van der Waals surface area contributed by atoms with Crippen LogP contribution in [0.4, 0.5) is 0 Å². The molecule has 0 saturated carbocycles. The van der Waals surface area contributed by atoms with Gasteiger partial charge in [0.25, 0.3) is 11.8 Å². The minimum Gasteiger partial charge on any atom is -0.446 e. The number of aliphatic hydroxyl groups is 1. The number of ether oxygens (including phenoxy) is 1. The number of hydrogen-bond acceptors (Lipinski definition) is 7. The molecule has 0 aliphatic carbocycles. The van der Waals surface area contributed by atoms with E-state index in [1.807, 2.05) is 0 Å². The normalized spacial score (nSPS) is 15.8. The Morgan fingerprint density at radius 2 is 1.78 bits per heavy atom. The van der Waals surface area contributed by atoms with E-state index >= 15 is 0 Å². The third-order valence-electron chi connectivity index (χ3n) is 2.17. The number of nitrogens with zero attached hydrogens (tertiary/aromatic N) is 1. The Hall–Kier alpha value is -1.96. The molecule has 18 heavy (non-hydrogen) atoms. The third kappa shape index (κ3) is 3.04. The van der Waals surface area contributed by atoms with Crippen molar-refractivity contribution in [3.63, 3.8) is 0 Å². The summed E-state index contributed by atoms with van der Waals surface area (Å²) in [5.41, 5.74) is -1.71. The summed E-state index contributed by atoms with van der Waals surface area (Å²) in [6.45, 7) is 1.54. The summed E-state index contributed by atoms with van der Waals surface area (Å²) in [6.07, 6.45) is -0.0497. The molecule has 0 radical (unpaired) electrons. The van der Waals surface area contributed by atoms with E-state index in [4.69, 9.17) is 5.11 Å². The largest absolute Gasteiger partial charge is 0.446 e. The number of amides is 2. The summed E-state index contributed by atoms with van der Waals surface area (Å²) < 4.78 is 4.62. The van der Waals surface area contributed by atoms with E-state index < -0.39 is 36.0 Å². The van der Waals surface area contributed by atoms with Gasteiger partial charge in [-0.15, -0.1) is 5.06 Å². The Labute approximate surface area is 102 Å². The lowest BCUT2D eigenvalue weighted by Gasteiger charge is -2.24. The second-order valence-electron chi connectivity index (χ2n) is 4.10. The van der Waals surface area contributed by atoms with Crippen molar-refractivity contribution in [1.29, 1.82) is 0 Å². The van der Waals surface area contributed by atoms with Crippen molar-refractivity contribution in [3.8, 4) is 0 Å². The number of hydrogen-bond donors (Lipinski definition) is 1. The van der Waals surface area contributed by atoms with Gasteiger partial charge in [0.1, 0.15) is 6.61 Å². The first-order chi connectivity index (χ1) is 8.27. The zero-order valence-electron chi connectivity index (χ0n) is 9.97. The highest BCUT2D eigenvalue weighted by Gasteiger charge is 2.40. The molecule has 0 unspecified atom stereocenters. The van der Waals surface area contributed by atoms with Crippen molar-refractivity contribution in [2.45, 2.75) is 32.3 Å². The van der Waals surface area contributed by atoms with Gasteiger partial charge in [0.05, 0.1) is 0 Å². The average molecular weight is 259 g/mol. The summed E-state index contributed by atoms with van der Waals surface area (Å²) in [6, 6.07) is 0. The monoisotopic (exact) mass is 259 g/mol. The second kappa shape index (κ2) is 5.13. The smallest absolute Gasteiger partial charge is 0.375 e. The number of carbonyl (C=O) groups is 4. The summed E-state index contributed by atoms with van der Waals surface area (Å²) >= 11 is 0. The van der Waals surface area contributed by atoms with Crippen molar-refractivity contribution < 1.29 is 33.9 Å². The van der Waals surface area contributed by atoms with Crippen molar-refractivity contribution in [2.75, 3.05) is 6.61 Å². The highest BCUT2D eigenvalue weighted by atomic mass is 16.7. The molecule has 0 aromatic heterocycles. The fraction of sp³-hybridized carbons (Fsp3) is 0.600. The highest BCUT2D eigenvalue weighted by Crippen LogP contribution is 2.17. The first kappa shape index (κ1) is 14.1. The van der Waals surface area contributed by atoms with Crippen LogP contribution < -0.4 is 0 Å². The Morgan fingerprint density at radius 1 is 1.28 bits per heavy atom. The van der Waals surface area contributed by atoms with Crippen molar-refractivity contribution >= 4 is 23.8 Å². The van der Waals surface area contributed by atoms with Crippen LogP contribution >= 0.6 is 0 Å². The van der Waals surface area contributed by atoms with E-state index in [1.54, 1.807) is 0 Å². The molecule has 0 aromatic carbocycles. The fourth-order valence-electron chi connectivity index (χ4n) is 1.21. The molecule has 1 aliphatic rings. The van der Waals surface area contributed by atoms with Gasteiger partial charge in [0.2, 0.25) is 5.60 Å². The molecule has 1 saturated heterocycles. The van der Waals surface area contributed by atoms with E-state index in [9.17, 15) is 19.2 Å². The lowest BCUT2D eigenvalue weighted by Crippen LogP contribution is -2.44. The first-order valence-corrected chi connectivity index (χ1v) is 5.19. The average Bonchev–Trinajstić information content (AvgIpc) is 2.60. The predicted molar refractivity (Wildman–Crippen MR) is 54.4 cm³/mol. The molecule has 100 valence electrons. The molecular formula is C10H13NO7. The number of esters is 1. The standard InChI is InChI=1S/C10H13NO7/c1-10(2,17-8(15)5-12)9(16)18-11-6(13)3-4-7(11)14/h12H,3-5H2,1-2H3. The van der Waals surface area contributed by atoms with Crippen LogP contribution in [-0.2, 0) is 28.8 Å². The SMILES string of the molecule is CC(C)(OC(=O)CO)C(=O)ON1C(=O)CCC1=O. The third-order valence-corrected chi connectivity index (χ3v) is 2.17. The fourth-order valence-corrected chi connectivity index (χ4v) is 1.21. The van der Waals surface area contributed by atoms with Crippen molar-refractivity contribution in [1.82, 2.24) is 5.06 Å². The van der Waals surface area contributed by atoms with Gasteiger partial charge >= 0.3 is 11.9 Å². The maximum absolute atomic E-state index is 11.6. The van der Waals surface area contributed by atoms with Crippen LogP contribution in [0.2, 0.25) is 0 Å². The Balaban J connectivity index is 2.66. The van der Waals surface area contributed by atoms with Crippen LogP contribution in [0.15, 0.2) is 0 Å². The molecule has 0 bridgehead atoms. The van der Waals surface area contributed by atoms with Gasteiger partial charge in [-0.25, -0.2) is 9.59 Å². The minimum atomic E-state index is -1.71. The molecule has 0 aromatic rings. The number of aliphatic hydroxyl groups excluding tert-OH is 1. The predicted octanol–water partition coefficient (Wildman–Crippen LogP) is -1.09. The van der Waals surface area contributed by atoms with Crippen molar-refractivity contribution in [3.05, 3.63) is 0 Å². The first-order valence-electron chi connectivity index (χ1n) is 5.19. The van der Waals surface area contributed by atoms with E-state index in [1.165, 1.54) is 13.8 Å². The van der Waals surface area contributed by atoms with Gasteiger partial charge in [-0.05, 0) is 13.8 Å².